The van der Waals surface area contributed by atoms with Gasteiger partial charge in [0, 0.05) is 0 Å². The number of alkyl halides is 2. The van der Waals surface area contributed by atoms with Crippen molar-refractivity contribution in [3.05, 3.63) is 29.8 Å². The summed E-state index contributed by atoms with van der Waals surface area (Å²) in [6.45, 7) is 0. The summed E-state index contributed by atoms with van der Waals surface area (Å²) in [5, 5.41) is 0. The Kier molecular flexibility index (Phi) is 3.50. The monoisotopic (exact) mass is 306 g/mol. The predicted octanol–water partition coefficient (Wildman–Crippen LogP) is 2.84. The fourth-order valence-corrected chi connectivity index (χ4v) is 1.41. The van der Waals surface area contributed by atoms with Crippen molar-refractivity contribution in [2.45, 2.75) is 3.23 Å². The summed E-state index contributed by atoms with van der Waals surface area (Å²) >= 11 is 6.49. The standard InChI is InChI=1S/C9H8Br2O2/c1-13-8-4-2-7(3-5-8)9(10,11)6-12/h2-6H,1H3. The quantitative estimate of drug-likeness (QED) is 0.634. The number of methoxy groups -OCH3 is 1. The molecule has 1 aromatic carbocycles. The van der Waals surface area contributed by atoms with Crippen molar-refractivity contribution in [3.8, 4) is 5.75 Å². The number of benzene rings is 1. The van der Waals surface area contributed by atoms with Crippen LogP contribution >= 0.6 is 31.9 Å². The van der Waals surface area contributed by atoms with Crippen LogP contribution in [-0.2, 0) is 8.03 Å². The van der Waals surface area contributed by atoms with Crippen LogP contribution in [0.2, 0.25) is 0 Å². The lowest BCUT2D eigenvalue weighted by Crippen LogP contribution is -2.09. The van der Waals surface area contributed by atoms with Gasteiger partial charge in [0.1, 0.15) is 5.75 Å². The van der Waals surface area contributed by atoms with Crippen molar-refractivity contribution in [1.82, 2.24) is 0 Å². The molecule has 70 valence electrons. The molecule has 1 rings (SSSR count). The largest absolute Gasteiger partial charge is 0.497 e. The van der Waals surface area contributed by atoms with Gasteiger partial charge < -0.3 is 9.53 Å². The van der Waals surface area contributed by atoms with Crippen molar-refractivity contribution in [2.75, 3.05) is 7.11 Å². The molecule has 0 N–H and O–H groups in total. The van der Waals surface area contributed by atoms with Crippen molar-refractivity contribution in [3.63, 3.8) is 0 Å². The first-order valence-electron chi connectivity index (χ1n) is 3.59. The average molecular weight is 308 g/mol. The summed E-state index contributed by atoms with van der Waals surface area (Å²) in [7, 11) is 1.60. The molecule has 0 aliphatic rings. The second-order valence-electron chi connectivity index (χ2n) is 2.47. The van der Waals surface area contributed by atoms with Gasteiger partial charge in [-0.25, -0.2) is 0 Å². The van der Waals surface area contributed by atoms with E-state index in [-0.39, 0.29) is 0 Å². The van der Waals surface area contributed by atoms with Crippen LogP contribution in [0.1, 0.15) is 5.56 Å². The maximum atomic E-state index is 10.7. The third kappa shape index (κ3) is 2.54. The molecule has 0 bridgehead atoms. The second-order valence-corrected chi connectivity index (χ2v) is 6.04. The van der Waals surface area contributed by atoms with Crippen molar-refractivity contribution < 1.29 is 9.53 Å². The molecule has 13 heavy (non-hydrogen) atoms. The molecule has 0 aliphatic carbocycles. The molecule has 0 fully saturated rings. The van der Waals surface area contributed by atoms with Gasteiger partial charge in [-0.05, 0) is 17.7 Å². The smallest absolute Gasteiger partial charge is 0.160 e. The summed E-state index contributed by atoms with van der Waals surface area (Å²) in [4.78, 5) is 10.7. The SMILES string of the molecule is COc1ccc(C(Br)(Br)C=O)cc1. The number of aldehydes is 1. The zero-order chi connectivity index (χ0) is 9.90. The lowest BCUT2D eigenvalue weighted by molar-refractivity contribution is -0.107. The van der Waals surface area contributed by atoms with Gasteiger partial charge in [0.25, 0.3) is 0 Å². The van der Waals surface area contributed by atoms with Crippen molar-refractivity contribution in [1.29, 1.82) is 0 Å². The van der Waals surface area contributed by atoms with Crippen LogP contribution in [0.3, 0.4) is 0 Å². The Balaban J connectivity index is 2.98. The number of carbonyl (C=O) groups is 1. The van der Waals surface area contributed by atoms with E-state index in [1.165, 1.54) is 0 Å². The highest BCUT2D eigenvalue weighted by Gasteiger charge is 2.23. The van der Waals surface area contributed by atoms with Gasteiger partial charge in [0.05, 0.1) is 7.11 Å². The van der Waals surface area contributed by atoms with E-state index in [9.17, 15) is 4.79 Å². The second kappa shape index (κ2) is 4.24. The lowest BCUT2D eigenvalue weighted by atomic mass is 10.1. The number of hydrogen-bond donors (Lipinski definition) is 0. The number of halogens is 2. The third-order valence-corrected chi connectivity index (χ3v) is 2.91. The van der Waals surface area contributed by atoms with E-state index in [2.05, 4.69) is 31.9 Å². The van der Waals surface area contributed by atoms with E-state index >= 15 is 0 Å². The van der Waals surface area contributed by atoms with Crippen LogP contribution in [0, 0.1) is 0 Å². The lowest BCUT2D eigenvalue weighted by Gasteiger charge is -2.12. The summed E-state index contributed by atoms with van der Waals surface area (Å²) in [6, 6.07) is 7.24. The number of hydrogen-bond acceptors (Lipinski definition) is 2. The highest BCUT2D eigenvalue weighted by atomic mass is 79.9. The highest BCUT2D eigenvalue weighted by molar-refractivity contribution is 9.25. The molecule has 0 saturated heterocycles. The Labute approximate surface area is 93.5 Å². The number of ether oxygens (including phenoxy) is 1. The molecule has 1 aromatic rings. The maximum absolute atomic E-state index is 10.7. The first-order valence-corrected chi connectivity index (χ1v) is 5.17. The normalized spacial score (nSPS) is 11.0. The predicted molar refractivity (Wildman–Crippen MR) is 58.6 cm³/mol. The van der Waals surface area contributed by atoms with Crippen LogP contribution < -0.4 is 4.74 Å². The Morgan fingerprint density at radius 3 is 2.23 bits per heavy atom. The van der Waals surface area contributed by atoms with E-state index in [0.29, 0.717) is 0 Å². The molecule has 2 nitrogen and oxygen atoms in total. The van der Waals surface area contributed by atoms with Gasteiger partial charge >= 0.3 is 0 Å². The van der Waals surface area contributed by atoms with E-state index in [1.54, 1.807) is 19.2 Å². The molecule has 0 saturated carbocycles. The Hall–Kier alpha value is -0.350. The van der Waals surface area contributed by atoms with E-state index in [4.69, 9.17) is 4.74 Å². The summed E-state index contributed by atoms with van der Waals surface area (Å²) in [5.41, 5.74) is 0.836. The van der Waals surface area contributed by atoms with Crippen LogP contribution in [0.25, 0.3) is 0 Å². The fourth-order valence-electron chi connectivity index (χ4n) is 0.881. The molecule has 0 radical (unpaired) electrons. The fraction of sp³-hybridized carbons (Fsp3) is 0.222. The van der Waals surface area contributed by atoms with Crippen molar-refractivity contribution in [2.24, 2.45) is 0 Å². The van der Waals surface area contributed by atoms with E-state index < -0.39 is 3.23 Å². The summed E-state index contributed by atoms with van der Waals surface area (Å²) in [6.07, 6.45) is 0.787. The van der Waals surface area contributed by atoms with Crippen LogP contribution in [0.4, 0.5) is 0 Å². The zero-order valence-electron chi connectivity index (χ0n) is 6.96. The van der Waals surface area contributed by atoms with Gasteiger partial charge in [0.2, 0.25) is 0 Å². The topological polar surface area (TPSA) is 26.3 Å². The Morgan fingerprint density at radius 2 is 1.85 bits per heavy atom. The molecule has 0 unspecified atom stereocenters. The number of carbonyl (C=O) groups excluding carboxylic acids is 1. The third-order valence-electron chi connectivity index (χ3n) is 1.62. The summed E-state index contributed by atoms with van der Waals surface area (Å²) in [5.74, 6) is 0.769. The highest BCUT2D eigenvalue weighted by Crippen LogP contribution is 2.36. The van der Waals surface area contributed by atoms with Gasteiger partial charge in [-0.1, -0.05) is 44.0 Å². The van der Waals surface area contributed by atoms with Gasteiger partial charge in [0.15, 0.2) is 9.52 Å². The molecule has 4 heteroatoms. The molecule has 0 heterocycles. The molecular weight excluding hydrogens is 300 g/mol. The Bertz CT molecular complexity index is 293. The Morgan fingerprint density at radius 1 is 1.31 bits per heavy atom. The van der Waals surface area contributed by atoms with E-state index in [1.807, 2.05) is 12.1 Å². The van der Waals surface area contributed by atoms with Crippen LogP contribution in [-0.4, -0.2) is 13.4 Å². The minimum Gasteiger partial charge on any atom is -0.497 e. The van der Waals surface area contributed by atoms with E-state index in [0.717, 1.165) is 17.6 Å². The van der Waals surface area contributed by atoms with Crippen LogP contribution in [0.15, 0.2) is 24.3 Å². The number of rotatable bonds is 3. The average Bonchev–Trinajstić information content (AvgIpc) is 2.18. The van der Waals surface area contributed by atoms with Crippen LogP contribution in [0.5, 0.6) is 5.75 Å². The maximum Gasteiger partial charge on any atom is 0.160 e. The summed E-state index contributed by atoms with van der Waals surface area (Å²) < 4.78 is 4.21. The molecule has 0 spiro atoms. The van der Waals surface area contributed by atoms with Gasteiger partial charge in [-0.3, -0.25) is 0 Å². The van der Waals surface area contributed by atoms with Gasteiger partial charge in [-0.15, -0.1) is 0 Å². The van der Waals surface area contributed by atoms with Crippen molar-refractivity contribution >= 4 is 38.1 Å². The molecule has 0 amide bonds. The zero-order valence-corrected chi connectivity index (χ0v) is 10.1. The molecular formula is C9H8Br2O2. The first kappa shape index (κ1) is 10.7. The molecule has 0 aliphatic heterocycles. The van der Waals surface area contributed by atoms with Gasteiger partial charge in [-0.2, -0.15) is 0 Å². The molecule has 0 atom stereocenters. The minimum atomic E-state index is -0.785. The first-order chi connectivity index (χ1) is 6.10. The minimum absolute atomic E-state index is 0.769. The molecule has 0 aromatic heterocycles.